The summed E-state index contributed by atoms with van der Waals surface area (Å²) in [6.07, 6.45) is 0. The van der Waals surface area contributed by atoms with E-state index in [1.807, 2.05) is 39.1 Å². The molecule has 0 bridgehead atoms. The van der Waals surface area contributed by atoms with Crippen molar-refractivity contribution >= 4 is 29.9 Å². The highest BCUT2D eigenvalue weighted by molar-refractivity contribution is 14.0. The normalized spacial score (nSPS) is 10.8. The Labute approximate surface area is 184 Å². The number of nitrogens with zero attached hydrogens (tertiary/aromatic N) is 2. The first kappa shape index (κ1) is 23.9. The Morgan fingerprint density at radius 1 is 1.11 bits per heavy atom. The van der Waals surface area contributed by atoms with Gasteiger partial charge in [-0.15, -0.1) is 24.0 Å². The van der Waals surface area contributed by atoms with Crippen LogP contribution in [0.5, 0.6) is 17.2 Å². The number of ether oxygens (including phenoxy) is 2. The van der Waals surface area contributed by atoms with Gasteiger partial charge in [0.1, 0.15) is 5.75 Å². The Balaban J connectivity index is 0.00000392. The van der Waals surface area contributed by atoms with E-state index < -0.39 is 0 Å². The predicted molar refractivity (Wildman–Crippen MR) is 124 cm³/mol. The highest BCUT2D eigenvalue weighted by Crippen LogP contribution is 2.26. The van der Waals surface area contributed by atoms with Crippen molar-refractivity contribution in [2.24, 2.45) is 4.99 Å². The zero-order valence-electron chi connectivity index (χ0n) is 16.9. The average molecular weight is 499 g/mol. The van der Waals surface area contributed by atoms with Gasteiger partial charge in [0, 0.05) is 20.1 Å². The summed E-state index contributed by atoms with van der Waals surface area (Å²) in [7, 11) is 3.54. The second kappa shape index (κ2) is 12.3. The molecule has 0 aromatic heterocycles. The third-order valence-electron chi connectivity index (χ3n) is 4.01. The summed E-state index contributed by atoms with van der Waals surface area (Å²) in [6.45, 7) is 6.65. The number of benzene rings is 2. The number of hydrogen-bond acceptors (Lipinski definition) is 4. The Morgan fingerprint density at radius 2 is 1.79 bits per heavy atom. The van der Waals surface area contributed by atoms with Crippen molar-refractivity contribution in [1.29, 1.82) is 0 Å². The Kier molecular flexibility index (Phi) is 10.5. The standard InChI is InChI=1S/C21H29N3O3.HI/c1-5-22-21(23-14-17-9-12-20(26-4)19(25)13-17)24(3)15-16-7-10-18(11-8-16)27-6-2;/h7-13,25H,5-6,14-15H2,1-4H3,(H,22,23);1H. The van der Waals surface area contributed by atoms with Gasteiger partial charge in [-0.1, -0.05) is 18.2 Å². The number of hydrogen-bond donors (Lipinski definition) is 2. The summed E-state index contributed by atoms with van der Waals surface area (Å²) in [5.41, 5.74) is 2.09. The van der Waals surface area contributed by atoms with Crippen LogP contribution in [-0.4, -0.2) is 43.3 Å². The fraction of sp³-hybridized carbons (Fsp3) is 0.381. The number of halogens is 1. The van der Waals surface area contributed by atoms with Gasteiger partial charge in [-0.05, 0) is 49.2 Å². The molecule has 2 aromatic carbocycles. The SMILES string of the molecule is CCNC(=NCc1ccc(OC)c(O)c1)N(C)Cc1ccc(OCC)cc1.I. The minimum atomic E-state index is 0. The third kappa shape index (κ3) is 7.10. The molecule has 0 fully saturated rings. The van der Waals surface area contributed by atoms with Crippen molar-refractivity contribution in [3.63, 3.8) is 0 Å². The van der Waals surface area contributed by atoms with E-state index in [-0.39, 0.29) is 29.7 Å². The molecule has 154 valence electrons. The summed E-state index contributed by atoms with van der Waals surface area (Å²) < 4.78 is 10.6. The highest BCUT2D eigenvalue weighted by atomic mass is 127. The summed E-state index contributed by atoms with van der Waals surface area (Å²) in [5.74, 6) is 2.27. The molecule has 0 saturated heterocycles. The molecule has 0 aliphatic heterocycles. The van der Waals surface area contributed by atoms with Crippen LogP contribution in [0.25, 0.3) is 0 Å². The summed E-state index contributed by atoms with van der Waals surface area (Å²) in [6, 6.07) is 13.4. The molecule has 28 heavy (non-hydrogen) atoms. The number of guanidine groups is 1. The lowest BCUT2D eigenvalue weighted by Crippen LogP contribution is -2.38. The molecule has 0 heterocycles. The molecule has 0 radical (unpaired) electrons. The van der Waals surface area contributed by atoms with E-state index >= 15 is 0 Å². The molecule has 7 heteroatoms. The maximum atomic E-state index is 9.91. The monoisotopic (exact) mass is 499 g/mol. The molecule has 0 saturated carbocycles. The van der Waals surface area contributed by atoms with Crippen LogP contribution in [0.15, 0.2) is 47.5 Å². The molecule has 2 N–H and O–H groups in total. The van der Waals surface area contributed by atoms with Gasteiger partial charge in [-0.2, -0.15) is 0 Å². The zero-order valence-corrected chi connectivity index (χ0v) is 19.3. The minimum Gasteiger partial charge on any atom is -0.504 e. The van der Waals surface area contributed by atoms with Crippen LogP contribution in [0.3, 0.4) is 0 Å². The van der Waals surface area contributed by atoms with Gasteiger partial charge in [-0.25, -0.2) is 4.99 Å². The fourth-order valence-electron chi connectivity index (χ4n) is 2.68. The minimum absolute atomic E-state index is 0. The quantitative estimate of drug-likeness (QED) is 0.327. The largest absolute Gasteiger partial charge is 0.504 e. The van der Waals surface area contributed by atoms with Gasteiger partial charge in [0.2, 0.25) is 0 Å². The number of nitrogens with one attached hydrogen (secondary N) is 1. The van der Waals surface area contributed by atoms with E-state index in [0.29, 0.717) is 18.9 Å². The first-order valence-electron chi connectivity index (χ1n) is 9.14. The van der Waals surface area contributed by atoms with E-state index in [2.05, 4.69) is 27.3 Å². The maximum absolute atomic E-state index is 9.91. The van der Waals surface area contributed by atoms with Gasteiger partial charge < -0.3 is 24.8 Å². The van der Waals surface area contributed by atoms with Crippen molar-refractivity contribution in [2.45, 2.75) is 26.9 Å². The number of phenolic OH excluding ortho intramolecular Hbond substituents is 1. The Morgan fingerprint density at radius 3 is 2.36 bits per heavy atom. The molecule has 0 aliphatic carbocycles. The van der Waals surface area contributed by atoms with Crippen molar-refractivity contribution in [2.75, 3.05) is 27.3 Å². The summed E-state index contributed by atoms with van der Waals surface area (Å²) >= 11 is 0. The molecule has 6 nitrogen and oxygen atoms in total. The first-order chi connectivity index (χ1) is 13.1. The second-order valence-electron chi connectivity index (χ2n) is 6.11. The van der Waals surface area contributed by atoms with Crippen LogP contribution in [0, 0.1) is 0 Å². The molecule has 0 unspecified atom stereocenters. The number of rotatable bonds is 8. The second-order valence-corrected chi connectivity index (χ2v) is 6.11. The van der Waals surface area contributed by atoms with Crippen LogP contribution in [0.4, 0.5) is 0 Å². The molecule has 2 aromatic rings. The highest BCUT2D eigenvalue weighted by Gasteiger charge is 2.08. The van der Waals surface area contributed by atoms with Crippen LogP contribution in [0.1, 0.15) is 25.0 Å². The predicted octanol–water partition coefficient (Wildman–Crippen LogP) is 4.02. The topological polar surface area (TPSA) is 66.3 Å². The summed E-state index contributed by atoms with van der Waals surface area (Å²) in [5, 5.41) is 13.2. The van der Waals surface area contributed by atoms with Crippen molar-refractivity contribution < 1.29 is 14.6 Å². The Hall–Kier alpha value is -2.16. The summed E-state index contributed by atoms with van der Waals surface area (Å²) in [4.78, 5) is 6.75. The molecule has 0 atom stereocenters. The lowest BCUT2D eigenvalue weighted by molar-refractivity contribution is 0.340. The van der Waals surface area contributed by atoms with Gasteiger partial charge in [-0.3, -0.25) is 0 Å². The molecular weight excluding hydrogens is 469 g/mol. The van der Waals surface area contributed by atoms with Gasteiger partial charge in [0.05, 0.1) is 20.3 Å². The molecule has 0 spiro atoms. The van der Waals surface area contributed by atoms with Gasteiger partial charge in [0.15, 0.2) is 17.5 Å². The molecule has 0 aliphatic rings. The van der Waals surface area contributed by atoms with Crippen LogP contribution in [0.2, 0.25) is 0 Å². The fourth-order valence-corrected chi connectivity index (χ4v) is 2.68. The number of phenols is 1. The molecule has 2 rings (SSSR count). The van der Waals surface area contributed by atoms with E-state index in [0.717, 1.165) is 30.4 Å². The third-order valence-corrected chi connectivity index (χ3v) is 4.01. The van der Waals surface area contributed by atoms with Crippen molar-refractivity contribution in [3.05, 3.63) is 53.6 Å². The number of methoxy groups -OCH3 is 1. The van der Waals surface area contributed by atoms with E-state index in [1.54, 1.807) is 12.1 Å². The van der Waals surface area contributed by atoms with Crippen LogP contribution >= 0.6 is 24.0 Å². The smallest absolute Gasteiger partial charge is 0.194 e. The van der Waals surface area contributed by atoms with E-state index in [9.17, 15) is 5.11 Å². The lowest BCUT2D eigenvalue weighted by Gasteiger charge is -2.22. The van der Waals surface area contributed by atoms with Crippen molar-refractivity contribution in [1.82, 2.24) is 10.2 Å². The first-order valence-corrected chi connectivity index (χ1v) is 9.14. The number of aliphatic imine (C=N–C) groups is 1. The maximum Gasteiger partial charge on any atom is 0.194 e. The van der Waals surface area contributed by atoms with E-state index in [4.69, 9.17) is 9.47 Å². The lowest BCUT2D eigenvalue weighted by atomic mass is 10.2. The van der Waals surface area contributed by atoms with Crippen LogP contribution < -0.4 is 14.8 Å². The van der Waals surface area contributed by atoms with Gasteiger partial charge >= 0.3 is 0 Å². The van der Waals surface area contributed by atoms with Crippen LogP contribution in [-0.2, 0) is 13.1 Å². The van der Waals surface area contributed by atoms with Crippen molar-refractivity contribution in [3.8, 4) is 17.2 Å². The average Bonchev–Trinajstić information content (AvgIpc) is 2.67. The molecule has 0 amide bonds. The number of aromatic hydroxyl groups is 1. The van der Waals surface area contributed by atoms with Gasteiger partial charge in [0.25, 0.3) is 0 Å². The Bertz CT molecular complexity index is 751. The molecular formula is C21H30IN3O3. The van der Waals surface area contributed by atoms with E-state index in [1.165, 1.54) is 12.7 Å². The zero-order chi connectivity index (χ0) is 19.6.